The molecule has 1 aliphatic rings. The van der Waals surface area contributed by atoms with Crippen molar-refractivity contribution in [1.29, 1.82) is 0 Å². The summed E-state index contributed by atoms with van der Waals surface area (Å²) in [4.78, 5) is 21.7. The SMILES string of the molecule is O=C(O)NCCOCCNC(=O)CCCCC1CCSS1. The molecule has 8 heteroatoms. The van der Waals surface area contributed by atoms with Gasteiger partial charge in [0.1, 0.15) is 0 Å². The predicted octanol–water partition coefficient (Wildman–Crippen LogP) is 2.10. The van der Waals surface area contributed by atoms with E-state index in [4.69, 9.17) is 9.84 Å². The van der Waals surface area contributed by atoms with Gasteiger partial charge in [-0.15, -0.1) is 0 Å². The molecule has 0 spiro atoms. The Bertz CT molecular complexity index is 313. The van der Waals surface area contributed by atoms with Crippen LogP contribution < -0.4 is 10.6 Å². The quantitative estimate of drug-likeness (QED) is 0.396. The minimum absolute atomic E-state index is 0.0655. The summed E-state index contributed by atoms with van der Waals surface area (Å²) in [6, 6.07) is 0. The smallest absolute Gasteiger partial charge is 0.404 e. The molecule has 1 rings (SSSR count). The Morgan fingerprint density at radius 3 is 2.62 bits per heavy atom. The highest BCUT2D eigenvalue weighted by Crippen LogP contribution is 2.39. The molecule has 6 nitrogen and oxygen atoms in total. The molecular formula is C13H24N2O4S2. The molecule has 122 valence electrons. The van der Waals surface area contributed by atoms with Gasteiger partial charge in [0.15, 0.2) is 0 Å². The molecule has 21 heavy (non-hydrogen) atoms. The van der Waals surface area contributed by atoms with Crippen LogP contribution in [0.4, 0.5) is 4.79 Å². The van der Waals surface area contributed by atoms with Crippen molar-refractivity contribution in [2.75, 3.05) is 32.1 Å². The number of unbranched alkanes of at least 4 members (excludes halogenated alkanes) is 1. The molecule has 1 unspecified atom stereocenters. The lowest BCUT2D eigenvalue weighted by molar-refractivity contribution is -0.121. The van der Waals surface area contributed by atoms with Crippen molar-refractivity contribution < 1.29 is 19.4 Å². The normalized spacial score (nSPS) is 17.6. The van der Waals surface area contributed by atoms with Crippen molar-refractivity contribution >= 4 is 33.6 Å². The third kappa shape index (κ3) is 10.7. The van der Waals surface area contributed by atoms with Crippen LogP contribution in [0.2, 0.25) is 0 Å². The van der Waals surface area contributed by atoms with Gasteiger partial charge in [-0.3, -0.25) is 4.79 Å². The Morgan fingerprint density at radius 1 is 1.19 bits per heavy atom. The van der Waals surface area contributed by atoms with E-state index in [9.17, 15) is 9.59 Å². The highest BCUT2D eigenvalue weighted by molar-refractivity contribution is 8.77. The Morgan fingerprint density at radius 2 is 1.95 bits per heavy atom. The molecule has 0 bridgehead atoms. The molecule has 0 aliphatic carbocycles. The van der Waals surface area contributed by atoms with Crippen LogP contribution in [0.25, 0.3) is 0 Å². The lowest BCUT2D eigenvalue weighted by atomic mass is 10.1. The van der Waals surface area contributed by atoms with Crippen molar-refractivity contribution in [2.24, 2.45) is 0 Å². The van der Waals surface area contributed by atoms with E-state index >= 15 is 0 Å². The second-order valence-corrected chi connectivity index (χ2v) is 7.56. The number of carbonyl (C=O) groups excluding carboxylic acids is 1. The molecule has 1 saturated heterocycles. The molecule has 0 aromatic carbocycles. The molecular weight excluding hydrogens is 312 g/mol. The number of carbonyl (C=O) groups is 2. The fourth-order valence-electron chi connectivity index (χ4n) is 1.91. The molecule has 0 aromatic rings. The number of hydrogen-bond acceptors (Lipinski definition) is 5. The molecule has 0 radical (unpaired) electrons. The predicted molar refractivity (Wildman–Crippen MR) is 86.8 cm³/mol. The number of amides is 2. The number of nitrogens with one attached hydrogen (secondary N) is 2. The maximum atomic E-state index is 11.6. The number of hydrogen-bond donors (Lipinski definition) is 3. The van der Waals surface area contributed by atoms with Crippen LogP contribution in [0.1, 0.15) is 32.1 Å². The van der Waals surface area contributed by atoms with Crippen molar-refractivity contribution in [1.82, 2.24) is 10.6 Å². The summed E-state index contributed by atoms with van der Waals surface area (Å²) in [7, 11) is 3.94. The first kappa shape index (κ1) is 18.4. The summed E-state index contributed by atoms with van der Waals surface area (Å²) in [5, 5.41) is 14.1. The van der Waals surface area contributed by atoms with Gasteiger partial charge in [-0.05, 0) is 19.3 Å². The molecule has 0 saturated carbocycles. The molecule has 1 atom stereocenters. The Balaban J connectivity index is 1.81. The van der Waals surface area contributed by atoms with Gasteiger partial charge in [0.2, 0.25) is 5.91 Å². The van der Waals surface area contributed by atoms with E-state index in [-0.39, 0.29) is 12.5 Å². The Kier molecular flexibility index (Phi) is 10.5. The van der Waals surface area contributed by atoms with Gasteiger partial charge in [-0.25, -0.2) is 4.79 Å². The van der Waals surface area contributed by atoms with Gasteiger partial charge in [-0.1, -0.05) is 28.0 Å². The molecule has 1 heterocycles. The summed E-state index contributed by atoms with van der Waals surface area (Å²) in [5.41, 5.74) is 0. The van der Waals surface area contributed by atoms with Crippen LogP contribution >= 0.6 is 21.6 Å². The van der Waals surface area contributed by atoms with E-state index in [1.165, 1.54) is 18.6 Å². The molecule has 0 aromatic heterocycles. The Hall–Kier alpha value is -0.600. The lowest BCUT2D eigenvalue weighted by Gasteiger charge is -2.08. The van der Waals surface area contributed by atoms with Crippen molar-refractivity contribution in [2.45, 2.75) is 37.4 Å². The second-order valence-electron chi connectivity index (χ2n) is 4.77. The number of rotatable bonds is 11. The topological polar surface area (TPSA) is 87.7 Å². The van der Waals surface area contributed by atoms with E-state index in [1.807, 2.05) is 21.6 Å². The van der Waals surface area contributed by atoms with E-state index < -0.39 is 6.09 Å². The van der Waals surface area contributed by atoms with Crippen molar-refractivity contribution in [3.8, 4) is 0 Å². The van der Waals surface area contributed by atoms with Gasteiger partial charge in [0.05, 0.1) is 13.2 Å². The first-order chi connectivity index (χ1) is 10.2. The van der Waals surface area contributed by atoms with Gasteiger partial charge >= 0.3 is 6.09 Å². The van der Waals surface area contributed by atoms with Gasteiger partial charge in [0.25, 0.3) is 0 Å². The average molecular weight is 336 g/mol. The lowest BCUT2D eigenvalue weighted by Crippen LogP contribution is -2.29. The third-order valence-corrected chi connectivity index (χ3v) is 6.01. The summed E-state index contributed by atoms with van der Waals surface area (Å²) in [6.45, 7) is 1.46. The van der Waals surface area contributed by atoms with E-state index in [1.54, 1.807) is 0 Å². The summed E-state index contributed by atoms with van der Waals surface area (Å²) in [5.74, 6) is 1.33. The fourth-order valence-corrected chi connectivity index (χ4v) is 4.93. The van der Waals surface area contributed by atoms with E-state index in [0.29, 0.717) is 26.2 Å². The highest BCUT2D eigenvalue weighted by atomic mass is 33.1. The maximum Gasteiger partial charge on any atom is 0.404 e. The molecule has 3 N–H and O–H groups in total. The largest absolute Gasteiger partial charge is 0.465 e. The van der Waals surface area contributed by atoms with Gasteiger partial charge in [-0.2, -0.15) is 0 Å². The average Bonchev–Trinajstić information content (AvgIpc) is 2.95. The summed E-state index contributed by atoms with van der Waals surface area (Å²) >= 11 is 0. The standard InChI is InChI=1S/C13H24N2O4S2/c16-12(4-2-1-3-11-5-10-20-21-11)14-6-8-19-9-7-15-13(17)18/h11,15H,1-10H2,(H,14,16)(H,17,18). The molecule has 1 aliphatic heterocycles. The second kappa shape index (κ2) is 12.0. The molecule has 1 fully saturated rings. The van der Waals surface area contributed by atoms with Crippen LogP contribution in [0.3, 0.4) is 0 Å². The van der Waals surface area contributed by atoms with Crippen LogP contribution in [0.15, 0.2) is 0 Å². The minimum atomic E-state index is -1.05. The summed E-state index contributed by atoms with van der Waals surface area (Å²) < 4.78 is 5.18. The zero-order chi connectivity index (χ0) is 15.3. The van der Waals surface area contributed by atoms with Crippen LogP contribution in [0.5, 0.6) is 0 Å². The Labute approximate surface area is 133 Å². The highest BCUT2D eigenvalue weighted by Gasteiger charge is 2.15. The number of ether oxygens (including phenoxy) is 1. The van der Waals surface area contributed by atoms with Crippen LogP contribution in [-0.4, -0.2) is 54.4 Å². The third-order valence-electron chi connectivity index (χ3n) is 3.00. The van der Waals surface area contributed by atoms with Gasteiger partial charge < -0.3 is 20.5 Å². The molecule has 2 amide bonds. The van der Waals surface area contributed by atoms with Crippen molar-refractivity contribution in [3.05, 3.63) is 0 Å². The number of carboxylic acid groups (broad SMARTS) is 1. The monoisotopic (exact) mass is 336 g/mol. The maximum absolute atomic E-state index is 11.6. The van der Waals surface area contributed by atoms with Crippen LogP contribution in [-0.2, 0) is 9.53 Å². The van der Waals surface area contributed by atoms with Gasteiger partial charge in [0, 0.05) is 30.5 Å². The first-order valence-corrected chi connectivity index (χ1v) is 9.66. The van der Waals surface area contributed by atoms with Crippen LogP contribution in [0, 0.1) is 0 Å². The van der Waals surface area contributed by atoms with E-state index in [0.717, 1.165) is 18.1 Å². The zero-order valence-corrected chi connectivity index (χ0v) is 13.8. The first-order valence-electron chi connectivity index (χ1n) is 7.28. The summed E-state index contributed by atoms with van der Waals surface area (Å²) in [6.07, 6.45) is 4.09. The fraction of sp³-hybridized carbons (Fsp3) is 0.846. The van der Waals surface area contributed by atoms with Crippen molar-refractivity contribution in [3.63, 3.8) is 0 Å². The van der Waals surface area contributed by atoms with E-state index in [2.05, 4.69) is 10.6 Å². The minimum Gasteiger partial charge on any atom is -0.465 e. The zero-order valence-electron chi connectivity index (χ0n) is 12.1.